The molecule has 114 valence electrons. The Morgan fingerprint density at radius 1 is 1.30 bits per heavy atom. The number of halogens is 5. The predicted octanol–water partition coefficient (Wildman–Crippen LogP) is 2.73. The number of rotatable bonds is 3. The van der Waals surface area contributed by atoms with E-state index in [0.29, 0.717) is 18.2 Å². The van der Waals surface area contributed by atoms with Gasteiger partial charge >= 0.3 is 6.18 Å². The van der Waals surface area contributed by atoms with Crippen molar-refractivity contribution in [3.63, 3.8) is 0 Å². The van der Waals surface area contributed by atoms with E-state index in [-0.39, 0.29) is 19.0 Å². The maximum Gasteiger partial charge on any atom is 0.416 e. The van der Waals surface area contributed by atoms with E-state index in [1.807, 2.05) is 0 Å². The van der Waals surface area contributed by atoms with Crippen LogP contribution in [0.4, 0.5) is 17.6 Å². The molecule has 0 bridgehead atoms. The SMILES string of the molecule is CC(C)(N)CNC(=O)c1cc(C(F)(F)F)ccc1F.Cl. The van der Waals surface area contributed by atoms with E-state index < -0.39 is 34.6 Å². The summed E-state index contributed by atoms with van der Waals surface area (Å²) in [5.41, 5.74) is 3.14. The van der Waals surface area contributed by atoms with Crippen LogP contribution in [0.25, 0.3) is 0 Å². The van der Waals surface area contributed by atoms with Gasteiger partial charge in [-0.1, -0.05) is 0 Å². The van der Waals surface area contributed by atoms with Crippen LogP contribution in [0.2, 0.25) is 0 Å². The Kier molecular flexibility index (Phi) is 5.98. The first kappa shape index (κ1) is 18.7. The fourth-order valence-electron chi connectivity index (χ4n) is 1.28. The minimum atomic E-state index is -4.63. The van der Waals surface area contributed by atoms with Crippen LogP contribution in [0, 0.1) is 5.82 Å². The van der Waals surface area contributed by atoms with Crippen molar-refractivity contribution < 1.29 is 22.4 Å². The second-order valence-electron chi connectivity index (χ2n) is 4.86. The molecule has 0 aliphatic carbocycles. The van der Waals surface area contributed by atoms with E-state index in [4.69, 9.17) is 5.73 Å². The van der Waals surface area contributed by atoms with Crippen LogP contribution < -0.4 is 11.1 Å². The van der Waals surface area contributed by atoms with E-state index in [0.717, 1.165) is 0 Å². The van der Waals surface area contributed by atoms with Gasteiger partial charge in [0.05, 0.1) is 11.1 Å². The lowest BCUT2D eigenvalue weighted by molar-refractivity contribution is -0.137. The molecule has 0 unspecified atom stereocenters. The first-order valence-electron chi connectivity index (χ1n) is 5.44. The lowest BCUT2D eigenvalue weighted by Crippen LogP contribution is -2.45. The molecular formula is C12H15ClF4N2O. The van der Waals surface area contributed by atoms with E-state index >= 15 is 0 Å². The smallest absolute Gasteiger partial charge is 0.350 e. The average Bonchev–Trinajstić information content (AvgIpc) is 2.24. The average molecular weight is 315 g/mol. The standard InChI is InChI=1S/C12H14F4N2O.ClH/c1-11(2,17)6-18-10(19)8-5-7(12(14,15)16)3-4-9(8)13;/h3-5H,6,17H2,1-2H3,(H,18,19);1H. The van der Waals surface area contributed by atoms with Crippen molar-refractivity contribution in [2.75, 3.05) is 6.54 Å². The Morgan fingerprint density at radius 3 is 2.30 bits per heavy atom. The van der Waals surface area contributed by atoms with Crippen LogP contribution in [0.1, 0.15) is 29.8 Å². The predicted molar refractivity (Wildman–Crippen MR) is 69.2 cm³/mol. The number of benzene rings is 1. The molecule has 0 spiro atoms. The molecule has 3 nitrogen and oxygen atoms in total. The number of alkyl halides is 3. The molecule has 0 aliphatic rings. The molecule has 1 rings (SSSR count). The lowest BCUT2D eigenvalue weighted by Gasteiger charge is -2.19. The van der Waals surface area contributed by atoms with Gasteiger partial charge in [0.15, 0.2) is 0 Å². The van der Waals surface area contributed by atoms with Gasteiger partial charge in [-0.15, -0.1) is 12.4 Å². The van der Waals surface area contributed by atoms with Crippen molar-refractivity contribution in [1.82, 2.24) is 5.32 Å². The van der Waals surface area contributed by atoms with Crippen LogP contribution >= 0.6 is 12.4 Å². The van der Waals surface area contributed by atoms with Gasteiger partial charge in [0.25, 0.3) is 5.91 Å². The Hall–Kier alpha value is -1.34. The monoisotopic (exact) mass is 314 g/mol. The van der Waals surface area contributed by atoms with Crippen molar-refractivity contribution in [3.05, 3.63) is 35.1 Å². The number of amides is 1. The van der Waals surface area contributed by atoms with E-state index in [1.165, 1.54) is 0 Å². The van der Waals surface area contributed by atoms with Gasteiger partial charge in [-0.25, -0.2) is 4.39 Å². The van der Waals surface area contributed by atoms with Gasteiger partial charge in [-0.2, -0.15) is 13.2 Å². The van der Waals surface area contributed by atoms with Gasteiger partial charge in [-0.05, 0) is 32.0 Å². The summed E-state index contributed by atoms with van der Waals surface area (Å²) < 4.78 is 50.8. The molecule has 1 aromatic rings. The van der Waals surface area contributed by atoms with Crippen molar-refractivity contribution >= 4 is 18.3 Å². The van der Waals surface area contributed by atoms with Crippen LogP contribution in [0.5, 0.6) is 0 Å². The molecule has 0 saturated carbocycles. The van der Waals surface area contributed by atoms with Crippen LogP contribution in [0.3, 0.4) is 0 Å². The van der Waals surface area contributed by atoms with Crippen molar-refractivity contribution in [3.8, 4) is 0 Å². The molecule has 0 radical (unpaired) electrons. The summed E-state index contributed by atoms with van der Waals surface area (Å²) in [6, 6.07) is 1.68. The molecule has 0 fully saturated rings. The molecule has 0 aliphatic heterocycles. The Labute approximate surface area is 119 Å². The van der Waals surface area contributed by atoms with Gasteiger partial charge in [-0.3, -0.25) is 4.79 Å². The second-order valence-corrected chi connectivity index (χ2v) is 4.86. The maximum absolute atomic E-state index is 13.4. The first-order chi connectivity index (χ1) is 8.50. The number of carbonyl (C=O) groups is 1. The van der Waals surface area contributed by atoms with E-state index in [1.54, 1.807) is 13.8 Å². The van der Waals surface area contributed by atoms with E-state index in [9.17, 15) is 22.4 Å². The van der Waals surface area contributed by atoms with Crippen molar-refractivity contribution in [2.24, 2.45) is 5.73 Å². The molecule has 0 heterocycles. The van der Waals surface area contributed by atoms with Crippen LogP contribution in [-0.2, 0) is 6.18 Å². The molecule has 0 aromatic heterocycles. The van der Waals surface area contributed by atoms with Crippen molar-refractivity contribution in [1.29, 1.82) is 0 Å². The summed E-state index contributed by atoms with van der Waals surface area (Å²) in [4.78, 5) is 11.6. The first-order valence-corrected chi connectivity index (χ1v) is 5.44. The zero-order valence-corrected chi connectivity index (χ0v) is 11.7. The van der Waals surface area contributed by atoms with Gasteiger partial charge < -0.3 is 11.1 Å². The number of nitrogens with one attached hydrogen (secondary N) is 1. The molecule has 20 heavy (non-hydrogen) atoms. The largest absolute Gasteiger partial charge is 0.416 e. The number of carbonyl (C=O) groups excluding carboxylic acids is 1. The fraction of sp³-hybridized carbons (Fsp3) is 0.417. The summed E-state index contributed by atoms with van der Waals surface area (Å²) in [7, 11) is 0. The minimum Gasteiger partial charge on any atom is -0.350 e. The Morgan fingerprint density at radius 2 is 1.85 bits per heavy atom. The summed E-state index contributed by atoms with van der Waals surface area (Å²) in [5, 5.41) is 2.29. The quantitative estimate of drug-likeness (QED) is 0.843. The maximum atomic E-state index is 13.4. The second kappa shape index (κ2) is 6.41. The number of hydrogen-bond donors (Lipinski definition) is 2. The van der Waals surface area contributed by atoms with Gasteiger partial charge in [0.2, 0.25) is 0 Å². The summed E-state index contributed by atoms with van der Waals surface area (Å²) in [6.07, 6.45) is -4.63. The Bertz CT molecular complexity index is 483. The summed E-state index contributed by atoms with van der Waals surface area (Å²) in [6.45, 7) is 3.26. The number of hydrogen-bond acceptors (Lipinski definition) is 2. The third-order valence-corrected chi connectivity index (χ3v) is 2.24. The van der Waals surface area contributed by atoms with Gasteiger partial charge in [0.1, 0.15) is 5.82 Å². The highest BCUT2D eigenvalue weighted by Gasteiger charge is 2.32. The fourth-order valence-corrected chi connectivity index (χ4v) is 1.28. The third kappa shape index (κ3) is 5.34. The third-order valence-electron chi connectivity index (χ3n) is 2.24. The molecule has 1 aromatic carbocycles. The highest BCUT2D eigenvalue weighted by molar-refractivity contribution is 5.94. The Balaban J connectivity index is 0.00000361. The molecular weight excluding hydrogens is 300 g/mol. The zero-order chi connectivity index (χ0) is 14.8. The summed E-state index contributed by atoms with van der Waals surface area (Å²) >= 11 is 0. The van der Waals surface area contributed by atoms with E-state index in [2.05, 4.69) is 5.32 Å². The highest BCUT2D eigenvalue weighted by atomic mass is 35.5. The summed E-state index contributed by atoms with van der Waals surface area (Å²) in [5.74, 6) is -1.94. The molecule has 0 saturated heterocycles. The van der Waals surface area contributed by atoms with Crippen LogP contribution in [0.15, 0.2) is 18.2 Å². The lowest BCUT2D eigenvalue weighted by atomic mass is 10.1. The molecule has 0 atom stereocenters. The van der Waals surface area contributed by atoms with Gasteiger partial charge in [0, 0.05) is 12.1 Å². The minimum absolute atomic E-state index is 0. The topological polar surface area (TPSA) is 55.1 Å². The van der Waals surface area contributed by atoms with Crippen molar-refractivity contribution in [2.45, 2.75) is 25.6 Å². The normalized spacial score (nSPS) is 11.8. The van der Waals surface area contributed by atoms with Crippen LogP contribution in [-0.4, -0.2) is 18.0 Å². The molecule has 8 heteroatoms. The molecule has 3 N–H and O–H groups in total. The number of nitrogens with two attached hydrogens (primary N) is 1. The highest BCUT2D eigenvalue weighted by Crippen LogP contribution is 2.30. The zero-order valence-electron chi connectivity index (χ0n) is 10.8. The molecule has 1 amide bonds.